The summed E-state index contributed by atoms with van der Waals surface area (Å²) in [6.45, 7) is -1.02. The van der Waals surface area contributed by atoms with Crippen LogP contribution >= 0.6 is 0 Å². The Morgan fingerprint density at radius 2 is 1.91 bits per heavy atom. The molecule has 0 aliphatic heterocycles. The predicted octanol–water partition coefficient (Wildman–Crippen LogP) is 2.45. The third-order valence-corrected chi connectivity index (χ3v) is 5.51. The van der Waals surface area contributed by atoms with E-state index in [2.05, 4.69) is 20.2 Å². The van der Waals surface area contributed by atoms with E-state index in [0.29, 0.717) is 22.6 Å². The predicted molar refractivity (Wildman–Crippen MR) is 137 cm³/mol. The molecular weight excluding hydrogens is 432 g/mol. The second-order valence-corrected chi connectivity index (χ2v) is 8.14. The highest BCUT2D eigenvalue weighted by molar-refractivity contribution is 5.80. The summed E-state index contributed by atoms with van der Waals surface area (Å²) >= 11 is 0. The molecule has 4 rings (SSSR count). The minimum atomic E-state index is -2.65. The maximum atomic E-state index is 13.2. The lowest BCUT2D eigenvalue weighted by molar-refractivity contribution is 0.413. The van der Waals surface area contributed by atoms with Gasteiger partial charge in [0.15, 0.2) is 0 Å². The minimum Gasteiger partial charge on any atom is -0.494 e. The van der Waals surface area contributed by atoms with Crippen LogP contribution in [0, 0.1) is 0 Å². The van der Waals surface area contributed by atoms with Gasteiger partial charge in [0.25, 0.3) is 0 Å². The first-order valence-corrected chi connectivity index (χ1v) is 10.7. The Bertz CT molecular complexity index is 1480. The van der Waals surface area contributed by atoms with Crippen molar-refractivity contribution in [1.29, 1.82) is 0 Å². The van der Waals surface area contributed by atoms with E-state index in [4.69, 9.17) is 14.6 Å². The molecule has 0 spiro atoms. The molecule has 178 valence electrons. The maximum absolute atomic E-state index is 13.2. The van der Waals surface area contributed by atoms with Gasteiger partial charge in [0.2, 0.25) is 5.95 Å². The van der Waals surface area contributed by atoms with Gasteiger partial charge in [-0.3, -0.25) is 4.57 Å². The third kappa shape index (κ3) is 4.40. The monoisotopic (exact) mass is 465 g/mol. The number of hydrogen-bond acceptors (Lipinski definition) is 8. The van der Waals surface area contributed by atoms with Gasteiger partial charge in [-0.05, 0) is 32.3 Å². The zero-order chi connectivity index (χ0) is 26.9. The number of para-hydroxylation sites is 2. The van der Waals surface area contributed by atoms with E-state index in [9.17, 15) is 4.79 Å². The molecule has 0 radical (unpaired) electrons. The summed E-state index contributed by atoms with van der Waals surface area (Å²) in [6.07, 6.45) is 1.48. The molecule has 2 heterocycles. The van der Waals surface area contributed by atoms with Gasteiger partial charge in [-0.1, -0.05) is 12.1 Å². The Kier molecular flexibility index (Phi) is 5.39. The van der Waals surface area contributed by atoms with Crippen LogP contribution in [0.2, 0.25) is 0 Å². The van der Waals surface area contributed by atoms with Crippen LogP contribution in [0.1, 0.15) is 4.11 Å². The highest BCUT2D eigenvalue weighted by Gasteiger charge is 2.16. The van der Waals surface area contributed by atoms with Crippen molar-refractivity contribution >= 4 is 34.0 Å². The number of ether oxygens (including phenoxy) is 1. The first-order chi connectivity index (χ1) is 17.5. The summed E-state index contributed by atoms with van der Waals surface area (Å²) in [7, 11) is 7.53. The number of benzene rings is 2. The van der Waals surface area contributed by atoms with E-state index in [-0.39, 0.29) is 17.3 Å². The molecule has 0 amide bonds. The quantitative estimate of drug-likeness (QED) is 0.382. The fourth-order valence-electron chi connectivity index (χ4n) is 3.68. The SMILES string of the molecule is [2H]C([2H])([2H])n1c(=O)n(-c2ccnc(Nc3cc(N)c(N(C)CCN(C)C)cc3OC)n2)c2ccccc21. The number of anilines is 4. The van der Waals surface area contributed by atoms with Crippen LogP contribution in [0.25, 0.3) is 16.9 Å². The summed E-state index contributed by atoms with van der Waals surface area (Å²) in [5, 5.41) is 3.11. The number of methoxy groups -OCH3 is 1. The largest absolute Gasteiger partial charge is 0.494 e. The molecule has 10 heteroatoms. The fraction of sp³-hybridized carbons (Fsp3) is 0.292. The van der Waals surface area contributed by atoms with Crippen molar-refractivity contribution in [3.05, 3.63) is 59.1 Å². The lowest BCUT2D eigenvalue weighted by Crippen LogP contribution is -2.29. The van der Waals surface area contributed by atoms with Gasteiger partial charge in [-0.2, -0.15) is 4.98 Å². The molecule has 0 aliphatic rings. The van der Waals surface area contributed by atoms with Crippen molar-refractivity contribution in [2.45, 2.75) is 0 Å². The molecule has 0 saturated carbocycles. The molecule has 2 aromatic carbocycles. The van der Waals surface area contributed by atoms with Crippen LogP contribution in [0.15, 0.2) is 53.5 Å². The highest BCUT2D eigenvalue weighted by Crippen LogP contribution is 2.36. The average molecular weight is 466 g/mol. The highest BCUT2D eigenvalue weighted by atomic mass is 16.5. The molecule has 2 aromatic heterocycles. The van der Waals surface area contributed by atoms with Crippen LogP contribution in [0.3, 0.4) is 0 Å². The molecule has 0 fully saturated rings. The van der Waals surface area contributed by atoms with E-state index in [0.717, 1.165) is 23.3 Å². The Balaban J connectivity index is 1.72. The van der Waals surface area contributed by atoms with E-state index in [1.54, 1.807) is 37.4 Å². The molecule has 0 unspecified atom stereocenters. The average Bonchev–Trinajstić information content (AvgIpc) is 3.15. The molecule has 0 atom stereocenters. The molecule has 0 aliphatic carbocycles. The van der Waals surface area contributed by atoms with Crippen LogP contribution in [-0.4, -0.2) is 65.3 Å². The Morgan fingerprint density at radius 1 is 1.15 bits per heavy atom. The Hall–Kier alpha value is -4.05. The molecule has 0 bridgehead atoms. The Labute approximate surface area is 202 Å². The lowest BCUT2D eigenvalue weighted by Gasteiger charge is -2.24. The zero-order valence-corrected chi connectivity index (χ0v) is 19.6. The number of nitrogens with one attached hydrogen (secondary N) is 1. The van der Waals surface area contributed by atoms with E-state index in [1.807, 2.05) is 32.1 Å². The number of nitrogens with zero attached hydrogens (tertiary/aromatic N) is 6. The number of hydrogen-bond donors (Lipinski definition) is 2. The van der Waals surface area contributed by atoms with Gasteiger partial charge < -0.3 is 25.6 Å². The summed E-state index contributed by atoms with van der Waals surface area (Å²) in [5.74, 6) is 0.932. The van der Waals surface area contributed by atoms with Crippen LogP contribution in [0.4, 0.5) is 23.0 Å². The molecule has 34 heavy (non-hydrogen) atoms. The van der Waals surface area contributed by atoms with Gasteiger partial charge in [-0.25, -0.2) is 14.3 Å². The number of likely N-dealkylation sites (N-methyl/N-ethyl adjacent to an activating group) is 2. The molecule has 4 aromatic rings. The van der Waals surface area contributed by atoms with Crippen molar-refractivity contribution in [3.63, 3.8) is 0 Å². The molecule has 10 nitrogen and oxygen atoms in total. The number of nitrogens with two attached hydrogens (primary N) is 1. The van der Waals surface area contributed by atoms with Crippen molar-refractivity contribution in [1.82, 2.24) is 24.0 Å². The van der Waals surface area contributed by atoms with Crippen molar-refractivity contribution in [3.8, 4) is 11.6 Å². The summed E-state index contributed by atoms with van der Waals surface area (Å²) in [6, 6.07) is 11.8. The number of rotatable bonds is 8. The number of fused-ring (bicyclic) bond motifs is 1. The molecular formula is C24H30N8O2. The first kappa shape index (κ1) is 19.4. The zero-order valence-electron chi connectivity index (χ0n) is 22.6. The number of aryl methyl sites for hydroxylation is 1. The van der Waals surface area contributed by atoms with Gasteiger partial charge in [0.05, 0.1) is 35.2 Å². The smallest absolute Gasteiger partial charge is 0.334 e. The van der Waals surface area contributed by atoms with Crippen molar-refractivity contribution in [2.24, 2.45) is 6.98 Å². The maximum Gasteiger partial charge on any atom is 0.334 e. The fourth-order valence-corrected chi connectivity index (χ4v) is 3.68. The van der Waals surface area contributed by atoms with Crippen molar-refractivity contribution < 1.29 is 8.85 Å². The van der Waals surface area contributed by atoms with Crippen LogP contribution in [0.5, 0.6) is 5.75 Å². The summed E-state index contributed by atoms with van der Waals surface area (Å²) in [4.78, 5) is 26.1. The van der Waals surface area contributed by atoms with Gasteiger partial charge >= 0.3 is 5.69 Å². The van der Waals surface area contributed by atoms with Crippen molar-refractivity contribution in [2.75, 3.05) is 57.3 Å². The van der Waals surface area contributed by atoms with Crippen LogP contribution < -0.4 is 26.4 Å². The number of nitrogen functional groups attached to an aromatic ring is 1. The van der Waals surface area contributed by atoms with Gasteiger partial charge in [0, 0.05) is 49.6 Å². The summed E-state index contributed by atoms with van der Waals surface area (Å²) < 4.78 is 31.1. The standard InChI is InChI=1S/C24H30N8O2/c1-29(2)12-13-30(3)20-15-21(34-5)17(14-16(20)25)27-23-26-11-10-22(28-23)32-19-9-7-6-8-18(19)31(4)24(32)33/h6-11,14-15H,12-13,25H2,1-5H3,(H,26,27,28)/i4D3. The second kappa shape index (κ2) is 9.44. The van der Waals surface area contributed by atoms with Gasteiger partial charge in [0.1, 0.15) is 11.6 Å². The second-order valence-electron chi connectivity index (χ2n) is 8.14. The lowest BCUT2D eigenvalue weighted by atomic mass is 10.2. The number of imidazole rings is 1. The minimum absolute atomic E-state index is 0.182. The first-order valence-electron chi connectivity index (χ1n) is 12.2. The van der Waals surface area contributed by atoms with E-state index < -0.39 is 12.7 Å². The Morgan fingerprint density at radius 3 is 2.62 bits per heavy atom. The topological polar surface area (TPSA) is 106 Å². The van der Waals surface area contributed by atoms with Crippen LogP contribution in [-0.2, 0) is 6.98 Å². The molecule has 0 saturated heterocycles. The number of aromatic nitrogens is 4. The third-order valence-electron chi connectivity index (χ3n) is 5.51. The van der Waals surface area contributed by atoms with E-state index >= 15 is 0 Å². The van der Waals surface area contributed by atoms with E-state index in [1.165, 1.54) is 16.8 Å². The normalized spacial score (nSPS) is 12.9. The molecule has 3 N–H and O–H groups in total. The summed E-state index contributed by atoms with van der Waals surface area (Å²) in [5.41, 5.74) is 8.24. The van der Waals surface area contributed by atoms with Gasteiger partial charge in [-0.15, -0.1) is 0 Å².